The lowest BCUT2D eigenvalue weighted by Gasteiger charge is -2.09. The second-order valence-corrected chi connectivity index (χ2v) is 5.92. The van der Waals surface area contributed by atoms with Gasteiger partial charge in [-0.2, -0.15) is 5.26 Å². The summed E-state index contributed by atoms with van der Waals surface area (Å²) in [5.74, 6) is -0.581. The van der Waals surface area contributed by atoms with E-state index in [9.17, 15) is 19.7 Å². The highest BCUT2D eigenvalue weighted by molar-refractivity contribution is 6.31. The Morgan fingerprint density at radius 2 is 2.11 bits per heavy atom. The second kappa shape index (κ2) is 7.23. The molecule has 1 N–H and O–H groups in total. The fraction of sp³-hybridized carbons (Fsp3) is 0.0588. The van der Waals surface area contributed by atoms with Crippen LogP contribution in [-0.4, -0.2) is 20.4 Å². The van der Waals surface area contributed by atoms with Crippen LogP contribution < -0.4 is 10.9 Å². The van der Waals surface area contributed by atoms with Gasteiger partial charge in [-0.15, -0.1) is 0 Å². The molecule has 0 aliphatic heterocycles. The Balaban J connectivity index is 1.90. The van der Waals surface area contributed by atoms with Gasteiger partial charge in [-0.1, -0.05) is 11.6 Å². The van der Waals surface area contributed by atoms with Crippen molar-refractivity contribution >= 4 is 39.8 Å². The minimum atomic E-state index is -0.620. The van der Waals surface area contributed by atoms with Crippen LogP contribution in [0.1, 0.15) is 5.56 Å². The predicted octanol–water partition coefficient (Wildman–Crippen LogP) is 2.47. The number of halogens is 1. The molecule has 1 aromatic heterocycles. The standard InChI is InChI=1S/C17H10ClN5O4/c18-11-2-1-10(7-19)15(5-11)21-16(24)8-22-9-20-14-4-3-12(23(26)27)6-13(14)17(22)25/h1-6,9H,8H2,(H,21,24). The highest BCUT2D eigenvalue weighted by Gasteiger charge is 2.13. The van der Waals surface area contributed by atoms with E-state index in [-0.39, 0.29) is 34.4 Å². The molecule has 9 nitrogen and oxygen atoms in total. The van der Waals surface area contributed by atoms with E-state index in [4.69, 9.17) is 16.9 Å². The number of carbonyl (C=O) groups excluding carboxylic acids is 1. The van der Waals surface area contributed by atoms with Gasteiger partial charge in [-0.3, -0.25) is 24.3 Å². The highest BCUT2D eigenvalue weighted by atomic mass is 35.5. The Morgan fingerprint density at radius 3 is 2.81 bits per heavy atom. The van der Waals surface area contributed by atoms with Gasteiger partial charge in [0, 0.05) is 17.2 Å². The van der Waals surface area contributed by atoms with Crippen LogP contribution in [0.5, 0.6) is 0 Å². The lowest BCUT2D eigenvalue weighted by Crippen LogP contribution is -2.28. The van der Waals surface area contributed by atoms with Gasteiger partial charge in [0.05, 0.1) is 33.4 Å². The molecule has 0 atom stereocenters. The van der Waals surface area contributed by atoms with Crippen molar-refractivity contribution < 1.29 is 9.72 Å². The Labute approximate surface area is 156 Å². The Hall–Kier alpha value is -3.77. The number of non-ortho nitro benzene ring substituents is 1. The van der Waals surface area contributed by atoms with Gasteiger partial charge < -0.3 is 5.32 Å². The maximum absolute atomic E-state index is 12.5. The average molecular weight is 384 g/mol. The number of benzene rings is 2. The molecule has 0 saturated carbocycles. The van der Waals surface area contributed by atoms with Crippen LogP contribution in [-0.2, 0) is 11.3 Å². The first-order chi connectivity index (χ1) is 12.9. The molecule has 0 aliphatic rings. The number of fused-ring (bicyclic) bond motifs is 1. The molecule has 0 radical (unpaired) electrons. The van der Waals surface area contributed by atoms with Crippen molar-refractivity contribution in [2.45, 2.75) is 6.54 Å². The normalized spacial score (nSPS) is 10.4. The molecule has 0 saturated heterocycles. The van der Waals surface area contributed by atoms with E-state index in [1.54, 1.807) is 0 Å². The largest absolute Gasteiger partial charge is 0.323 e. The Bertz CT molecular complexity index is 1180. The first kappa shape index (κ1) is 18.0. The van der Waals surface area contributed by atoms with Gasteiger partial charge in [0.15, 0.2) is 0 Å². The molecule has 1 amide bonds. The van der Waals surface area contributed by atoms with Crippen molar-refractivity contribution in [2.75, 3.05) is 5.32 Å². The molecule has 0 spiro atoms. The lowest BCUT2D eigenvalue weighted by atomic mass is 10.2. The first-order valence-corrected chi connectivity index (χ1v) is 7.90. The quantitative estimate of drug-likeness (QED) is 0.543. The van der Waals surface area contributed by atoms with Gasteiger partial charge in [-0.25, -0.2) is 4.98 Å². The molecule has 3 rings (SSSR count). The highest BCUT2D eigenvalue weighted by Crippen LogP contribution is 2.20. The first-order valence-electron chi connectivity index (χ1n) is 7.52. The second-order valence-electron chi connectivity index (χ2n) is 5.49. The van der Waals surface area contributed by atoms with Gasteiger partial charge >= 0.3 is 0 Å². The summed E-state index contributed by atoms with van der Waals surface area (Å²) in [6.45, 7) is -0.387. The molecule has 0 fully saturated rings. The van der Waals surface area contributed by atoms with Gasteiger partial charge in [0.25, 0.3) is 11.2 Å². The van der Waals surface area contributed by atoms with Crippen molar-refractivity contribution in [3.05, 3.63) is 73.8 Å². The van der Waals surface area contributed by atoms with Crippen molar-refractivity contribution in [1.29, 1.82) is 5.26 Å². The fourth-order valence-electron chi connectivity index (χ4n) is 2.43. The number of rotatable bonds is 4. The van der Waals surface area contributed by atoms with Gasteiger partial charge in [0.2, 0.25) is 5.91 Å². The van der Waals surface area contributed by atoms with Crippen LogP contribution in [0, 0.1) is 21.4 Å². The number of nitrogens with one attached hydrogen (secondary N) is 1. The average Bonchev–Trinajstić information content (AvgIpc) is 2.64. The number of hydrogen-bond acceptors (Lipinski definition) is 6. The van der Waals surface area contributed by atoms with E-state index in [1.165, 1.54) is 36.7 Å². The zero-order valence-corrected chi connectivity index (χ0v) is 14.3. The van der Waals surface area contributed by atoms with Crippen molar-refractivity contribution in [3.63, 3.8) is 0 Å². The molecular formula is C17H10ClN5O4. The molecule has 10 heteroatoms. The molecule has 27 heavy (non-hydrogen) atoms. The van der Waals surface area contributed by atoms with Crippen molar-refractivity contribution in [1.82, 2.24) is 9.55 Å². The molecular weight excluding hydrogens is 374 g/mol. The van der Waals surface area contributed by atoms with Crippen LogP contribution in [0.25, 0.3) is 10.9 Å². The number of hydrogen-bond donors (Lipinski definition) is 1. The number of nitro groups is 1. The number of nitro benzene ring substituents is 1. The lowest BCUT2D eigenvalue weighted by molar-refractivity contribution is -0.384. The summed E-state index contributed by atoms with van der Waals surface area (Å²) in [7, 11) is 0. The van der Waals surface area contributed by atoms with E-state index in [1.807, 2.05) is 6.07 Å². The number of nitriles is 1. The van der Waals surface area contributed by atoms with Gasteiger partial charge in [-0.05, 0) is 24.3 Å². The van der Waals surface area contributed by atoms with Gasteiger partial charge in [0.1, 0.15) is 12.6 Å². The third-order valence-electron chi connectivity index (χ3n) is 3.71. The molecule has 3 aromatic rings. The minimum absolute atomic E-state index is 0.0277. The van der Waals surface area contributed by atoms with Crippen LogP contribution in [0.2, 0.25) is 5.02 Å². The van der Waals surface area contributed by atoms with E-state index in [0.717, 1.165) is 10.6 Å². The van der Waals surface area contributed by atoms with Crippen molar-refractivity contribution in [3.8, 4) is 6.07 Å². The number of amides is 1. The number of aromatic nitrogens is 2. The summed E-state index contributed by atoms with van der Waals surface area (Å²) in [5, 5.41) is 22.8. The van der Waals surface area contributed by atoms with E-state index >= 15 is 0 Å². The molecule has 0 unspecified atom stereocenters. The fourth-order valence-corrected chi connectivity index (χ4v) is 2.61. The summed E-state index contributed by atoms with van der Waals surface area (Å²) in [5.41, 5.74) is -0.129. The summed E-state index contributed by atoms with van der Waals surface area (Å²) in [4.78, 5) is 39.1. The summed E-state index contributed by atoms with van der Waals surface area (Å²) < 4.78 is 1.03. The topological polar surface area (TPSA) is 131 Å². The number of carbonyl (C=O) groups is 1. The zero-order valence-electron chi connectivity index (χ0n) is 13.5. The van der Waals surface area contributed by atoms with E-state index in [2.05, 4.69) is 10.3 Å². The Kier molecular flexibility index (Phi) is 4.83. The SMILES string of the molecule is N#Cc1ccc(Cl)cc1NC(=O)Cn1cnc2ccc([N+](=O)[O-])cc2c1=O. The maximum Gasteiger partial charge on any atom is 0.270 e. The summed E-state index contributed by atoms with van der Waals surface area (Å²) >= 11 is 5.87. The smallest absolute Gasteiger partial charge is 0.270 e. The molecule has 2 aromatic carbocycles. The monoisotopic (exact) mass is 383 g/mol. The zero-order chi connectivity index (χ0) is 19.6. The molecule has 0 bridgehead atoms. The van der Waals surface area contributed by atoms with Crippen LogP contribution in [0.3, 0.4) is 0 Å². The van der Waals surface area contributed by atoms with Crippen LogP contribution >= 0.6 is 11.6 Å². The number of anilines is 1. The third-order valence-corrected chi connectivity index (χ3v) is 3.94. The maximum atomic E-state index is 12.5. The van der Waals surface area contributed by atoms with E-state index in [0.29, 0.717) is 5.02 Å². The van der Waals surface area contributed by atoms with Crippen molar-refractivity contribution in [2.24, 2.45) is 0 Å². The predicted molar refractivity (Wildman–Crippen MR) is 97.5 cm³/mol. The van der Waals surface area contributed by atoms with Crippen LogP contribution in [0.15, 0.2) is 47.5 Å². The Morgan fingerprint density at radius 1 is 1.33 bits per heavy atom. The molecule has 0 aliphatic carbocycles. The molecule has 1 heterocycles. The summed E-state index contributed by atoms with van der Waals surface area (Å²) in [6, 6.07) is 10.0. The minimum Gasteiger partial charge on any atom is -0.323 e. The molecule has 134 valence electrons. The summed E-state index contributed by atoms with van der Waals surface area (Å²) in [6.07, 6.45) is 1.18. The number of nitrogens with zero attached hydrogens (tertiary/aromatic N) is 4. The van der Waals surface area contributed by atoms with Crippen LogP contribution in [0.4, 0.5) is 11.4 Å². The third kappa shape index (κ3) is 3.75. The van der Waals surface area contributed by atoms with E-state index < -0.39 is 16.4 Å².